The Morgan fingerprint density at radius 3 is 2.43 bits per heavy atom. The molecule has 116 valence electrons. The lowest BCUT2D eigenvalue weighted by atomic mass is 9.95. The molecule has 0 bridgehead atoms. The first-order valence-electron chi connectivity index (χ1n) is 7.47. The molecule has 0 aliphatic carbocycles. The third kappa shape index (κ3) is 2.66. The van der Waals surface area contributed by atoms with Gasteiger partial charge >= 0.3 is 0 Å². The lowest BCUT2D eigenvalue weighted by Gasteiger charge is -2.38. The molecule has 5 nitrogen and oxygen atoms in total. The maximum Gasteiger partial charge on any atom is 0.124 e. The largest absolute Gasteiger partial charge is 0.492 e. The van der Waals surface area contributed by atoms with Gasteiger partial charge in [-0.2, -0.15) is 0 Å². The number of hydrogen-bond acceptors (Lipinski definition) is 5. The highest BCUT2D eigenvalue weighted by Gasteiger charge is 2.41. The topological polar surface area (TPSA) is 43.0 Å². The van der Waals surface area contributed by atoms with E-state index in [2.05, 4.69) is 22.3 Å². The van der Waals surface area contributed by atoms with Gasteiger partial charge < -0.3 is 19.5 Å². The second-order valence-corrected chi connectivity index (χ2v) is 5.68. The zero-order valence-electron chi connectivity index (χ0n) is 12.9. The predicted octanol–water partition coefficient (Wildman–Crippen LogP) is 1.05. The summed E-state index contributed by atoms with van der Waals surface area (Å²) in [7, 11) is 5.52. The summed E-state index contributed by atoms with van der Waals surface area (Å²) in [4.78, 5) is 2.42. The monoisotopic (exact) mass is 292 g/mol. The third-order valence-electron chi connectivity index (χ3n) is 4.68. The molecule has 0 amide bonds. The molecule has 1 fully saturated rings. The molecular formula is C16H24N2O3. The van der Waals surface area contributed by atoms with Gasteiger partial charge in [-0.1, -0.05) is 18.2 Å². The van der Waals surface area contributed by atoms with Crippen LogP contribution in [0.5, 0.6) is 5.75 Å². The van der Waals surface area contributed by atoms with E-state index in [-0.39, 0.29) is 18.2 Å². The molecule has 5 heteroatoms. The molecule has 4 unspecified atom stereocenters. The number of hydrogen-bond donors (Lipinski definition) is 1. The minimum Gasteiger partial charge on any atom is -0.492 e. The number of nitrogens with zero attached hydrogens (tertiary/aromatic N) is 1. The van der Waals surface area contributed by atoms with E-state index < -0.39 is 0 Å². The summed E-state index contributed by atoms with van der Waals surface area (Å²) in [5.41, 5.74) is 1.23. The van der Waals surface area contributed by atoms with Gasteiger partial charge in [0, 0.05) is 32.9 Å². The summed E-state index contributed by atoms with van der Waals surface area (Å²) in [6.07, 6.45) is 0.259. The van der Waals surface area contributed by atoms with Crippen LogP contribution in [0, 0.1) is 0 Å². The predicted molar refractivity (Wildman–Crippen MR) is 80.7 cm³/mol. The van der Waals surface area contributed by atoms with Crippen molar-refractivity contribution in [2.45, 2.75) is 24.3 Å². The molecule has 4 atom stereocenters. The fourth-order valence-electron chi connectivity index (χ4n) is 3.51. The number of benzene rings is 1. The molecule has 3 rings (SSSR count). The van der Waals surface area contributed by atoms with Crippen LogP contribution in [0.15, 0.2) is 24.3 Å². The van der Waals surface area contributed by atoms with Crippen LogP contribution in [-0.2, 0) is 9.47 Å². The van der Waals surface area contributed by atoms with Gasteiger partial charge in [0.05, 0.1) is 24.3 Å². The standard InChI is InChI=1S/C16H24N2O3/c1-17-16-11-6-4-5-7-13(11)21-10-12(16)18-8-14(19-2)15(9-18)20-3/h4-7,12,14-17H,8-10H2,1-3H3. The molecule has 2 aliphatic heterocycles. The lowest BCUT2D eigenvalue weighted by molar-refractivity contribution is -0.00461. The normalized spacial score (nSPS) is 32.7. The summed E-state index contributed by atoms with van der Waals surface area (Å²) < 4.78 is 17.0. The Hall–Kier alpha value is -1.14. The Labute approximate surface area is 126 Å². The van der Waals surface area contributed by atoms with Crippen LogP contribution in [0.2, 0.25) is 0 Å². The zero-order valence-corrected chi connectivity index (χ0v) is 12.9. The van der Waals surface area contributed by atoms with E-state index in [0.717, 1.165) is 18.8 Å². The molecular weight excluding hydrogens is 268 g/mol. The van der Waals surface area contributed by atoms with Crippen LogP contribution in [0.4, 0.5) is 0 Å². The third-order valence-corrected chi connectivity index (χ3v) is 4.68. The van der Waals surface area contributed by atoms with Crippen LogP contribution in [0.3, 0.4) is 0 Å². The van der Waals surface area contributed by atoms with Crippen LogP contribution < -0.4 is 10.1 Å². The SMILES string of the molecule is CNC1c2ccccc2OCC1N1CC(OC)C(OC)C1. The van der Waals surface area contributed by atoms with Gasteiger partial charge in [0.25, 0.3) is 0 Å². The smallest absolute Gasteiger partial charge is 0.124 e. The second-order valence-electron chi connectivity index (χ2n) is 5.68. The highest BCUT2D eigenvalue weighted by molar-refractivity contribution is 5.38. The van der Waals surface area contributed by atoms with Crippen molar-refractivity contribution in [3.05, 3.63) is 29.8 Å². The number of para-hydroxylation sites is 1. The van der Waals surface area contributed by atoms with E-state index >= 15 is 0 Å². The maximum atomic E-state index is 5.96. The van der Waals surface area contributed by atoms with Crippen LogP contribution in [-0.4, -0.2) is 64.1 Å². The van der Waals surface area contributed by atoms with E-state index in [9.17, 15) is 0 Å². The number of likely N-dealkylation sites (tertiary alicyclic amines) is 1. The zero-order chi connectivity index (χ0) is 14.8. The van der Waals surface area contributed by atoms with E-state index in [4.69, 9.17) is 14.2 Å². The number of fused-ring (bicyclic) bond motifs is 1. The maximum absolute atomic E-state index is 5.96. The summed E-state index contributed by atoms with van der Waals surface area (Å²) >= 11 is 0. The average molecular weight is 292 g/mol. The Morgan fingerprint density at radius 1 is 1.14 bits per heavy atom. The van der Waals surface area contributed by atoms with Crippen molar-refractivity contribution in [1.82, 2.24) is 10.2 Å². The van der Waals surface area contributed by atoms with Gasteiger partial charge in [0.15, 0.2) is 0 Å². The van der Waals surface area contributed by atoms with Crippen molar-refractivity contribution in [2.75, 3.05) is 41.0 Å². The van der Waals surface area contributed by atoms with Gasteiger partial charge in [-0.15, -0.1) is 0 Å². The van der Waals surface area contributed by atoms with Crippen molar-refractivity contribution in [1.29, 1.82) is 0 Å². The summed E-state index contributed by atoms with van der Waals surface area (Å²) in [6.45, 7) is 2.45. The molecule has 1 N–H and O–H groups in total. The highest BCUT2D eigenvalue weighted by atomic mass is 16.5. The summed E-state index contributed by atoms with van der Waals surface area (Å²) in [5.74, 6) is 0.985. The molecule has 1 aromatic carbocycles. The van der Waals surface area contributed by atoms with Gasteiger partial charge in [-0.25, -0.2) is 0 Å². The minimum atomic E-state index is 0.129. The van der Waals surface area contributed by atoms with Crippen molar-refractivity contribution >= 4 is 0 Å². The summed E-state index contributed by atoms with van der Waals surface area (Å²) in [5, 5.41) is 3.45. The molecule has 0 spiro atoms. The number of rotatable bonds is 4. The quantitative estimate of drug-likeness (QED) is 0.899. The Balaban J connectivity index is 1.80. The number of likely N-dealkylation sites (N-methyl/N-ethyl adjacent to an activating group) is 1. The first kappa shape index (κ1) is 14.8. The van der Waals surface area contributed by atoms with Gasteiger partial charge in [0.2, 0.25) is 0 Å². The number of nitrogens with one attached hydrogen (secondary N) is 1. The van der Waals surface area contributed by atoms with Gasteiger partial charge in [-0.05, 0) is 13.1 Å². The molecule has 0 saturated carbocycles. The first-order chi connectivity index (χ1) is 10.3. The van der Waals surface area contributed by atoms with Crippen molar-refractivity contribution in [2.24, 2.45) is 0 Å². The van der Waals surface area contributed by atoms with Crippen LogP contribution in [0.25, 0.3) is 0 Å². The van der Waals surface area contributed by atoms with Crippen LogP contribution in [0.1, 0.15) is 11.6 Å². The molecule has 1 saturated heterocycles. The molecule has 0 aromatic heterocycles. The van der Waals surface area contributed by atoms with Gasteiger partial charge in [-0.3, -0.25) is 4.90 Å². The highest BCUT2D eigenvalue weighted by Crippen LogP contribution is 2.35. The minimum absolute atomic E-state index is 0.129. The van der Waals surface area contributed by atoms with Crippen LogP contribution >= 0.6 is 0 Å². The molecule has 0 radical (unpaired) electrons. The lowest BCUT2D eigenvalue weighted by Crippen LogP contribution is -2.49. The van der Waals surface area contributed by atoms with Crippen molar-refractivity contribution in [3.8, 4) is 5.75 Å². The number of ether oxygens (including phenoxy) is 3. The Bertz CT molecular complexity index is 470. The number of methoxy groups -OCH3 is 2. The second kappa shape index (κ2) is 6.32. The van der Waals surface area contributed by atoms with E-state index in [0.29, 0.717) is 12.6 Å². The molecule has 2 aliphatic rings. The van der Waals surface area contributed by atoms with Gasteiger partial charge in [0.1, 0.15) is 12.4 Å². The molecule has 21 heavy (non-hydrogen) atoms. The van der Waals surface area contributed by atoms with Crippen molar-refractivity contribution < 1.29 is 14.2 Å². The van der Waals surface area contributed by atoms with E-state index in [1.807, 2.05) is 19.2 Å². The average Bonchev–Trinajstić information content (AvgIpc) is 2.96. The van der Waals surface area contributed by atoms with E-state index in [1.54, 1.807) is 14.2 Å². The van der Waals surface area contributed by atoms with Crippen molar-refractivity contribution in [3.63, 3.8) is 0 Å². The Morgan fingerprint density at radius 2 is 1.81 bits per heavy atom. The fourth-order valence-corrected chi connectivity index (χ4v) is 3.51. The molecule has 2 heterocycles. The molecule has 1 aromatic rings. The van der Waals surface area contributed by atoms with E-state index in [1.165, 1.54) is 5.56 Å². The fraction of sp³-hybridized carbons (Fsp3) is 0.625. The summed E-state index contributed by atoms with van der Waals surface area (Å²) in [6, 6.07) is 8.82. The Kier molecular flexibility index (Phi) is 4.45. The first-order valence-corrected chi connectivity index (χ1v) is 7.47.